The summed E-state index contributed by atoms with van der Waals surface area (Å²) in [5, 5.41) is 11.3. The van der Waals surface area contributed by atoms with Crippen molar-refractivity contribution in [3.63, 3.8) is 0 Å². The average Bonchev–Trinajstić information content (AvgIpc) is 2.72. The molecule has 0 heterocycles. The van der Waals surface area contributed by atoms with Gasteiger partial charge >= 0.3 is 17.8 Å². The Morgan fingerprint density at radius 3 is 2.50 bits per heavy atom. The first-order valence-corrected chi connectivity index (χ1v) is 9.29. The molecule has 2 rings (SSSR count). The lowest BCUT2D eigenvalue weighted by molar-refractivity contribution is -0.385. The summed E-state index contributed by atoms with van der Waals surface area (Å²) in [6, 6.07) is 6.20. The van der Waals surface area contributed by atoms with Gasteiger partial charge in [-0.25, -0.2) is 4.79 Å². The van der Waals surface area contributed by atoms with Gasteiger partial charge in [0.15, 0.2) is 0 Å². The molecule has 8 nitrogen and oxygen atoms in total. The predicted octanol–water partition coefficient (Wildman–Crippen LogP) is 5.01. The molecule has 0 radical (unpaired) electrons. The van der Waals surface area contributed by atoms with E-state index < -0.39 is 34.1 Å². The minimum atomic E-state index is -4.73. The number of nitro benzene ring substituents is 1. The number of methoxy groups -OCH3 is 1. The van der Waals surface area contributed by atoms with Crippen LogP contribution in [0.3, 0.4) is 0 Å². The maximum absolute atomic E-state index is 13.1. The smallest absolute Gasteiger partial charge is 0.416 e. The van der Waals surface area contributed by atoms with E-state index in [1.165, 1.54) is 31.4 Å². The third-order valence-corrected chi connectivity index (χ3v) is 3.93. The first-order chi connectivity index (χ1) is 15.2. The van der Waals surface area contributed by atoms with Crippen LogP contribution in [0.1, 0.15) is 18.1 Å². The van der Waals surface area contributed by atoms with Crippen LogP contribution in [0.25, 0.3) is 6.08 Å². The Kier molecular flexibility index (Phi) is 8.59. The van der Waals surface area contributed by atoms with Crippen LogP contribution in [0.2, 0.25) is 0 Å². The van der Waals surface area contributed by atoms with Gasteiger partial charge < -0.3 is 18.9 Å². The van der Waals surface area contributed by atoms with Crippen molar-refractivity contribution in [3.05, 3.63) is 63.7 Å². The fourth-order valence-corrected chi connectivity index (χ4v) is 2.46. The highest BCUT2D eigenvalue weighted by atomic mass is 19.4. The monoisotopic (exact) mass is 455 g/mol. The number of halogens is 3. The second-order valence-electron chi connectivity index (χ2n) is 6.17. The molecule has 0 aliphatic rings. The molecule has 0 spiro atoms. The SMILES string of the molecule is CCOC(=O)C=Cc1ccc(OCCOC)cc1Oc1cc(C(F)(F)F)ccc1[N+](=O)[O-]. The summed E-state index contributed by atoms with van der Waals surface area (Å²) >= 11 is 0. The Balaban J connectivity index is 2.49. The summed E-state index contributed by atoms with van der Waals surface area (Å²) in [6.07, 6.45) is -2.33. The molecule has 0 amide bonds. The van der Waals surface area contributed by atoms with Crippen molar-refractivity contribution in [2.24, 2.45) is 0 Å². The molecule has 0 aliphatic carbocycles. The van der Waals surface area contributed by atoms with Crippen molar-refractivity contribution in [2.45, 2.75) is 13.1 Å². The number of alkyl halides is 3. The van der Waals surface area contributed by atoms with E-state index in [4.69, 9.17) is 18.9 Å². The van der Waals surface area contributed by atoms with E-state index in [1.807, 2.05) is 0 Å². The second kappa shape index (κ2) is 11.1. The van der Waals surface area contributed by atoms with Crippen molar-refractivity contribution in [2.75, 3.05) is 26.9 Å². The van der Waals surface area contributed by atoms with Gasteiger partial charge in [0.05, 0.1) is 23.7 Å². The van der Waals surface area contributed by atoms with E-state index in [-0.39, 0.29) is 36.9 Å². The van der Waals surface area contributed by atoms with Gasteiger partial charge in [-0.05, 0) is 31.2 Å². The number of hydrogen-bond donors (Lipinski definition) is 0. The molecule has 0 atom stereocenters. The van der Waals surface area contributed by atoms with Crippen LogP contribution in [0.15, 0.2) is 42.5 Å². The molecular formula is C21H20F3NO7. The van der Waals surface area contributed by atoms with Crippen LogP contribution in [0.4, 0.5) is 18.9 Å². The van der Waals surface area contributed by atoms with E-state index >= 15 is 0 Å². The number of hydrogen-bond acceptors (Lipinski definition) is 7. The van der Waals surface area contributed by atoms with Crippen molar-refractivity contribution < 1.29 is 41.8 Å². The number of ether oxygens (including phenoxy) is 4. The molecule has 11 heteroatoms. The van der Waals surface area contributed by atoms with Crippen LogP contribution in [-0.4, -0.2) is 37.8 Å². The maximum Gasteiger partial charge on any atom is 0.416 e. The Bertz CT molecular complexity index is 990. The molecule has 32 heavy (non-hydrogen) atoms. The Labute approximate surface area is 181 Å². The van der Waals surface area contributed by atoms with Gasteiger partial charge in [-0.15, -0.1) is 0 Å². The van der Waals surface area contributed by atoms with Crippen molar-refractivity contribution in [1.29, 1.82) is 0 Å². The summed E-state index contributed by atoms with van der Waals surface area (Å²) in [5.41, 5.74) is -1.53. The van der Waals surface area contributed by atoms with Crippen LogP contribution in [0, 0.1) is 10.1 Å². The van der Waals surface area contributed by atoms with Gasteiger partial charge in [0, 0.05) is 36.9 Å². The highest BCUT2D eigenvalue weighted by Crippen LogP contribution is 2.39. The van der Waals surface area contributed by atoms with E-state index in [1.54, 1.807) is 6.92 Å². The summed E-state index contributed by atoms with van der Waals surface area (Å²) < 4.78 is 60.0. The summed E-state index contributed by atoms with van der Waals surface area (Å²) in [6.45, 7) is 2.23. The quantitative estimate of drug-likeness (QED) is 0.163. The molecular weight excluding hydrogens is 435 g/mol. The molecule has 0 saturated heterocycles. The molecule has 0 N–H and O–H groups in total. The van der Waals surface area contributed by atoms with Gasteiger partial charge in [0.25, 0.3) is 0 Å². The summed E-state index contributed by atoms with van der Waals surface area (Å²) in [7, 11) is 1.48. The number of carbonyl (C=O) groups excluding carboxylic acids is 1. The van der Waals surface area contributed by atoms with Crippen LogP contribution in [0.5, 0.6) is 17.2 Å². The topological polar surface area (TPSA) is 97.1 Å². The summed E-state index contributed by atoms with van der Waals surface area (Å²) in [4.78, 5) is 22.1. The number of nitrogens with zero attached hydrogens (tertiary/aromatic N) is 1. The number of benzene rings is 2. The lowest BCUT2D eigenvalue weighted by atomic mass is 10.1. The standard InChI is InChI=1S/C21H20F3NO7/c1-3-30-20(26)9-5-14-4-7-16(31-11-10-29-2)13-18(14)32-19-12-15(21(22,23)24)6-8-17(19)25(27)28/h4-9,12-13H,3,10-11H2,1-2H3. The fourth-order valence-electron chi connectivity index (χ4n) is 2.46. The molecule has 2 aromatic carbocycles. The molecule has 0 unspecified atom stereocenters. The van der Waals surface area contributed by atoms with Gasteiger partial charge in [-0.1, -0.05) is 0 Å². The zero-order valence-corrected chi connectivity index (χ0v) is 17.2. The van der Waals surface area contributed by atoms with Crippen LogP contribution < -0.4 is 9.47 Å². The zero-order valence-electron chi connectivity index (χ0n) is 17.2. The van der Waals surface area contributed by atoms with E-state index in [9.17, 15) is 28.1 Å². The van der Waals surface area contributed by atoms with E-state index in [2.05, 4.69) is 0 Å². The number of carbonyl (C=O) groups is 1. The maximum atomic E-state index is 13.1. The Morgan fingerprint density at radius 1 is 1.12 bits per heavy atom. The van der Waals surface area contributed by atoms with Gasteiger partial charge in [-0.3, -0.25) is 10.1 Å². The third-order valence-electron chi connectivity index (χ3n) is 3.93. The lowest BCUT2D eigenvalue weighted by Crippen LogP contribution is -2.06. The summed E-state index contributed by atoms with van der Waals surface area (Å²) in [5.74, 6) is -1.06. The number of rotatable bonds is 10. The Morgan fingerprint density at radius 2 is 1.88 bits per heavy atom. The predicted molar refractivity (Wildman–Crippen MR) is 108 cm³/mol. The molecule has 2 aromatic rings. The van der Waals surface area contributed by atoms with Crippen molar-refractivity contribution in [3.8, 4) is 17.2 Å². The molecule has 0 aliphatic heterocycles. The number of nitro groups is 1. The number of esters is 1. The molecule has 0 aromatic heterocycles. The molecule has 0 fully saturated rings. The minimum Gasteiger partial charge on any atom is -0.491 e. The highest BCUT2D eigenvalue weighted by molar-refractivity contribution is 5.87. The molecule has 172 valence electrons. The minimum absolute atomic E-state index is 0.0668. The molecule has 0 saturated carbocycles. The zero-order chi connectivity index (χ0) is 23.7. The normalized spacial score (nSPS) is 11.4. The highest BCUT2D eigenvalue weighted by Gasteiger charge is 2.33. The lowest BCUT2D eigenvalue weighted by Gasteiger charge is -2.14. The van der Waals surface area contributed by atoms with Crippen molar-refractivity contribution in [1.82, 2.24) is 0 Å². The first kappa shape index (κ1) is 24.7. The Hall–Kier alpha value is -3.60. The molecule has 0 bridgehead atoms. The van der Waals surface area contributed by atoms with Crippen LogP contribution >= 0.6 is 0 Å². The fraction of sp³-hybridized carbons (Fsp3) is 0.286. The van der Waals surface area contributed by atoms with Gasteiger partial charge in [-0.2, -0.15) is 13.2 Å². The van der Waals surface area contributed by atoms with E-state index in [0.29, 0.717) is 18.2 Å². The average molecular weight is 455 g/mol. The van der Waals surface area contributed by atoms with Gasteiger partial charge in [0.1, 0.15) is 18.1 Å². The largest absolute Gasteiger partial charge is 0.491 e. The van der Waals surface area contributed by atoms with E-state index in [0.717, 1.165) is 6.08 Å². The third kappa shape index (κ3) is 6.98. The van der Waals surface area contributed by atoms with Crippen molar-refractivity contribution >= 4 is 17.7 Å². The van der Waals surface area contributed by atoms with Crippen LogP contribution in [-0.2, 0) is 20.4 Å². The second-order valence-corrected chi connectivity index (χ2v) is 6.17. The first-order valence-electron chi connectivity index (χ1n) is 9.29. The van der Waals surface area contributed by atoms with Gasteiger partial charge in [0.2, 0.25) is 5.75 Å².